The van der Waals surface area contributed by atoms with Gasteiger partial charge in [-0.1, -0.05) is 11.6 Å². The number of hydrogen-bond donors (Lipinski definition) is 3. The molecule has 4 N–H and O–H groups in total. The lowest BCUT2D eigenvalue weighted by Crippen LogP contribution is -2.14. The van der Waals surface area contributed by atoms with E-state index < -0.39 is 10.0 Å². The molecule has 0 aliphatic rings. The minimum Gasteiger partial charge on any atom is -0.506 e. The van der Waals surface area contributed by atoms with E-state index >= 15 is 0 Å². The molecule has 1 heterocycles. The Morgan fingerprint density at radius 1 is 1.35 bits per heavy atom. The van der Waals surface area contributed by atoms with E-state index in [0.717, 1.165) is 11.6 Å². The summed E-state index contributed by atoms with van der Waals surface area (Å²) >= 11 is 5.84. The van der Waals surface area contributed by atoms with Gasteiger partial charge < -0.3 is 10.8 Å². The molecule has 0 saturated heterocycles. The highest BCUT2D eigenvalue weighted by Gasteiger charge is 2.17. The molecule has 20 heavy (non-hydrogen) atoms. The predicted octanol–water partition coefficient (Wildman–Crippen LogP) is 2.13. The molecular formula is C12H12ClN3O3S. The van der Waals surface area contributed by atoms with Crippen LogP contribution < -0.4 is 10.5 Å². The molecule has 106 valence electrons. The number of nitrogens with one attached hydrogen (secondary N) is 1. The van der Waals surface area contributed by atoms with Crippen molar-refractivity contribution in [2.75, 3.05) is 10.5 Å². The number of pyridine rings is 1. The number of nitrogens with zero attached hydrogens (tertiary/aromatic N) is 1. The third kappa shape index (κ3) is 2.94. The second-order valence-electron chi connectivity index (χ2n) is 4.18. The van der Waals surface area contributed by atoms with Gasteiger partial charge in [0.15, 0.2) is 5.15 Å². The first-order valence-electron chi connectivity index (χ1n) is 5.53. The van der Waals surface area contributed by atoms with E-state index in [2.05, 4.69) is 9.71 Å². The molecular weight excluding hydrogens is 302 g/mol. The molecule has 6 nitrogen and oxygen atoms in total. The summed E-state index contributed by atoms with van der Waals surface area (Å²) in [6, 6.07) is 5.18. The van der Waals surface area contributed by atoms with Crippen LogP contribution in [0.2, 0.25) is 5.15 Å². The third-order valence-corrected chi connectivity index (χ3v) is 4.19. The summed E-state index contributed by atoms with van der Waals surface area (Å²) in [5, 5.41) is 9.36. The van der Waals surface area contributed by atoms with Crippen LogP contribution >= 0.6 is 11.6 Å². The molecule has 0 radical (unpaired) electrons. The van der Waals surface area contributed by atoms with Crippen LogP contribution in [0.25, 0.3) is 0 Å². The fourth-order valence-electron chi connectivity index (χ4n) is 1.53. The minimum atomic E-state index is -3.86. The second kappa shape index (κ2) is 5.18. The quantitative estimate of drug-likeness (QED) is 0.457. The Balaban J connectivity index is 2.40. The number of phenolic OH excluding ortho intramolecular Hbond substituents is 1. The number of nitrogen functional groups attached to an aromatic ring is 1. The summed E-state index contributed by atoms with van der Waals surface area (Å²) in [5.41, 5.74) is 6.40. The van der Waals surface area contributed by atoms with E-state index in [-0.39, 0.29) is 27.2 Å². The average molecular weight is 314 g/mol. The summed E-state index contributed by atoms with van der Waals surface area (Å²) < 4.78 is 26.7. The largest absolute Gasteiger partial charge is 0.506 e. The maximum absolute atomic E-state index is 12.2. The van der Waals surface area contributed by atoms with Gasteiger partial charge in [0.05, 0.1) is 16.3 Å². The molecule has 0 atom stereocenters. The number of hydrogen-bond acceptors (Lipinski definition) is 5. The van der Waals surface area contributed by atoms with E-state index in [4.69, 9.17) is 17.3 Å². The fourth-order valence-corrected chi connectivity index (χ4v) is 2.83. The van der Waals surface area contributed by atoms with Gasteiger partial charge in [0, 0.05) is 6.20 Å². The van der Waals surface area contributed by atoms with E-state index in [9.17, 15) is 13.5 Å². The molecule has 2 aromatic rings. The van der Waals surface area contributed by atoms with Crippen molar-refractivity contribution < 1.29 is 13.5 Å². The van der Waals surface area contributed by atoms with Gasteiger partial charge in [-0.05, 0) is 36.8 Å². The van der Waals surface area contributed by atoms with Gasteiger partial charge >= 0.3 is 0 Å². The van der Waals surface area contributed by atoms with Crippen molar-refractivity contribution in [2.24, 2.45) is 0 Å². The van der Waals surface area contributed by atoms with E-state index in [1.807, 2.05) is 0 Å². The van der Waals surface area contributed by atoms with Gasteiger partial charge in [0.25, 0.3) is 10.0 Å². The highest BCUT2D eigenvalue weighted by molar-refractivity contribution is 7.92. The Kier molecular flexibility index (Phi) is 3.74. The molecule has 0 fully saturated rings. The van der Waals surface area contributed by atoms with Gasteiger partial charge in [-0.3, -0.25) is 4.72 Å². The lowest BCUT2D eigenvalue weighted by Gasteiger charge is -2.10. The monoisotopic (exact) mass is 313 g/mol. The first kappa shape index (κ1) is 14.4. The number of halogens is 1. The van der Waals surface area contributed by atoms with Crippen LogP contribution in [0.5, 0.6) is 5.75 Å². The summed E-state index contributed by atoms with van der Waals surface area (Å²) in [6.07, 6.45) is 1.53. The van der Waals surface area contributed by atoms with Crippen molar-refractivity contribution >= 4 is 33.0 Å². The topological polar surface area (TPSA) is 105 Å². The molecule has 0 aliphatic carbocycles. The highest BCUT2D eigenvalue weighted by atomic mass is 35.5. The number of aromatic hydroxyl groups is 1. The van der Waals surface area contributed by atoms with Crippen molar-refractivity contribution in [3.8, 4) is 5.75 Å². The molecule has 0 spiro atoms. The van der Waals surface area contributed by atoms with Crippen LogP contribution in [0.3, 0.4) is 0 Å². The van der Waals surface area contributed by atoms with Crippen LogP contribution in [-0.4, -0.2) is 18.5 Å². The molecule has 8 heteroatoms. The molecule has 0 bridgehead atoms. The summed E-state index contributed by atoms with van der Waals surface area (Å²) in [5.74, 6) is -0.181. The smallest absolute Gasteiger partial charge is 0.262 e. The minimum absolute atomic E-state index is 0.0265. The molecule has 0 saturated carbocycles. The Labute approximate surface area is 121 Å². The number of benzene rings is 1. The molecule has 0 aliphatic heterocycles. The maximum Gasteiger partial charge on any atom is 0.262 e. The van der Waals surface area contributed by atoms with Crippen LogP contribution in [0.15, 0.2) is 35.4 Å². The number of anilines is 2. The molecule has 1 aromatic carbocycles. The normalized spacial score (nSPS) is 11.3. The van der Waals surface area contributed by atoms with Gasteiger partial charge in [-0.2, -0.15) is 0 Å². The van der Waals surface area contributed by atoms with Gasteiger partial charge in [-0.15, -0.1) is 0 Å². The standard InChI is InChI=1S/C12H12ClN3O3S/c1-7-4-10(12(13)15-6-7)16-20(18,19)8-2-3-11(17)9(14)5-8/h2-6,16-17H,14H2,1H3. The van der Waals surface area contributed by atoms with Crippen molar-refractivity contribution in [1.82, 2.24) is 4.98 Å². The molecule has 1 aromatic heterocycles. The lowest BCUT2D eigenvalue weighted by molar-refractivity contribution is 0.477. The van der Waals surface area contributed by atoms with Crippen LogP contribution in [0, 0.1) is 6.92 Å². The summed E-state index contributed by atoms with van der Waals surface area (Å²) in [7, 11) is -3.86. The molecule has 0 unspecified atom stereocenters. The highest BCUT2D eigenvalue weighted by Crippen LogP contribution is 2.27. The molecule has 0 amide bonds. The third-order valence-electron chi connectivity index (χ3n) is 2.53. The SMILES string of the molecule is Cc1cnc(Cl)c(NS(=O)(=O)c2ccc(O)c(N)c2)c1. The summed E-state index contributed by atoms with van der Waals surface area (Å²) in [4.78, 5) is 3.78. The van der Waals surface area contributed by atoms with Crippen LogP contribution in [0.4, 0.5) is 11.4 Å². The number of aromatic nitrogens is 1. The van der Waals surface area contributed by atoms with Gasteiger partial charge in [0.2, 0.25) is 0 Å². The first-order valence-corrected chi connectivity index (χ1v) is 7.39. The van der Waals surface area contributed by atoms with Crippen molar-refractivity contribution in [1.29, 1.82) is 0 Å². The van der Waals surface area contributed by atoms with Gasteiger partial charge in [0.1, 0.15) is 5.75 Å². The van der Waals surface area contributed by atoms with Crippen LogP contribution in [-0.2, 0) is 10.0 Å². The number of phenols is 1. The number of rotatable bonds is 3. The average Bonchev–Trinajstić information content (AvgIpc) is 2.36. The Morgan fingerprint density at radius 2 is 2.05 bits per heavy atom. The van der Waals surface area contributed by atoms with Crippen molar-refractivity contribution in [2.45, 2.75) is 11.8 Å². The second-order valence-corrected chi connectivity index (χ2v) is 6.22. The van der Waals surface area contributed by atoms with Crippen molar-refractivity contribution in [3.63, 3.8) is 0 Å². The van der Waals surface area contributed by atoms with E-state index in [0.29, 0.717) is 0 Å². The predicted molar refractivity (Wildman–Crippen MR) is 77.3 cm³/mol. The number of sulfonamides is 1. The van der Waals surface area contributed by atoms with Crippen LogP contribution in [0.1, 0.15) is 5.56 Å². The zero-order valence-electron chi connectivity index (χ0n) is 10.5. The zero-order valence-corrected chi connectivity index (χ0v) is 12.0. The Bertz CT molecular complexity index is 763. The molecule has 2 rings (SSSR count). The number of aryl methyl sites for hydroxylation is 1. The number of nitrogens with two attached hydrogens (primary N) is 1. The van der Waals surface area contributed by atoms with Crippen molar-refractivity contribution in [3.05, 3.63) is 41.2 Å². The zero-order chi connectivity index (χ0) is 14.9. The first-order chi connectivity index (χ1) is 9.29. The Morgan fingerprint density at radius 3 is 2.70 bits per heavy atom. The fraction of sp³-hybridized carbons (Fsp3) is 0.0833. The van der Waals surface area contributed by atoms with Gasteiger partial charge in [-0.25, -0.2) is 13.4 Å². The van der Waals surface area contributed by atoms with E-state index in [1.54, 1.807) is 13.0 Å². The Hall–Kier alpha value is -1.99. The summed E-state index contributed by atoms with van der Waals surface area (Å²) in [6.45, 7) is 1.76. The maximum atomic E-state index is 12.2. The van der Waals surface area contributed by atoms with E-state index in [1.165, 1.54) is 18.3 Å². The lowest BCUT2D eigenvalue weighted by atomic mass is 10.3.